The number of nitrogens with one attached hydrogen (secondary N) is 1. The fourth-order valence-corrected chi connectivity index (χ4v) is 1.97. The van der Waals surface area contributed by atoms with Crippen molar-refractivity contribution in [2.45, 2.75) is 37.9 Å². The molecule has 23 heavy (non-hydrogen) atoms. The summed E-state index contributed by atoms with van der Waals surface area (Å²) in [6.45, 7) is 1.41. The summed E-state index contributed by atoms with van der Waals surface area (Å²) in [5.41, 5.74) is 0.00393. The number of carboxylic acids is 1. The summed E-state index contributed by atoms with van der Waals surface area (Å²) in [6.07, 6.45) is -6.91. The maximum absolute atomic E-state index is 13.5. The van der Waals surface area contributed by atoms with E-state index in [1.807, 2.05) is 0 Å². The summed E-state index contributed by atoms with van der Waals surface area (Å²) in [7, 11) is 0. The van der Waals surface area contributed by atoms with Crippen LogP contribution >= 0.6 is 0 Å². The highest BCUT2D eigenvalue weighted by molar-refractivity contribution is 5.84. The van der Waals surface area contributed by atoms with Gasteiger partial charge in [-0.05, 0) is 17.5 Å². The Labute approximate surface area is 128 Å². The van der Waals surface area contributed by atoms with E-state index in [0.717, 1.165) is 12.1 Å². The average Bonchev–Trinajstić information content (AvgIpc) is 2.35. The molecule has 0 saturated carbocycles. The van der Waals surface area contributed by atoms with Gasteiger partial charge in [0.25, 0.3) is 0 Å². The van der Waals surface area contributed by atoms with E-state index in [1.54, 1.807) is 5.32 Å². The van der Waals surface area contributed by atoms with Crippen LogP contribution in [0, 0.1) is 11.6 Å². The molecule has 1 aromatic rings. The van der Waals surface area contributed by atoms with Crippen molar-refractivity contribution in [1.82, 2.24) is 5.32 Å². The summed E-state index contributed by atoms with van der Waals surface area (Å²) in [5.74, 6) is -5.26. The third-order valence-corrected chi connectivity index (χ3v) is 3.05. The molecule has 0 aliphatic heterocycles. The van der Waals surface area contributed by atoms with Gasteiger partial charge < -0.3 is 10.4 Å². The van der Waals surface area contributed by atoms with Crippen molar-refractivity contribution in [2.24, 2.45) is 0 Å². The molecule has 9 heteroatoms. The fourth-order valence-electron chi connectivity index (χ4n) is 1.97. The number of hydrogen-bond donors (Lipinski definition) is 2. The molecule has 2 unspecified atom stereocenters. The largest absolute Gasteiger partial charge is 0.480 e. The molecule has 0 aliphatic rings. The number of carboxylic acid groups (broad SMARTS) is 1. The Hall–Kier alpha value is -2.19. The van der Waals surface area contributed by atoms with Gasteiger partial charge in [-0.2, -0.15) is 13.2 Å². The number of alkyl halides is 3. The van der Waals surface area contributed by atoms with Gasteiger partial charge in [-0.15, -0.1) is 0 Å². The van der Waals surface area contributed by atoms with E-state index in [9.17, 15) is 31.5 Å². The van der Waals surface area contributed by atoms with Gasteiger partial charge in [-0.3, -0.25) is 4.79 Å². The number of amides is 1. The fraction of sp³-hybridized carbons (Fsp3) is 0.429. The molecule has 1 aromatic carbocycles. The number of carbonyl (C=O) groups excluding carboxylic acids is 1. The lowest BCUT2D eigenvalue weighted by Gasteiger charge is -2.18. The van der Waals surface area contributed by atoms with Crippen molar-refractivity contribution in [1.29, 1.82) is 0 Å². The first-order valence-electron chi connectivity index (χ1n) is 6.53. The van der Waals surface area contributed by atoms with E-state index in [4.69, 9.17) is 5.11 Å². The molecule has 0 saturated heterocycles. The van der Waals surface area contributed by atoms with Crippen molar-refractivity contribution in [3.05, 3.63) is 35.4 Å². The zero-order valence-electron chi connectivity index (χ0n) is 12.0. The van der Waals surface area contributed by atoms with Gasteiger partial charge in [0.15, 0.2) is 0 Å². The minimum Gasteiger partial charge on any atom is -0.480 e. The Kier molecular flexibility index (Phi) is 6.05. The van der Waals surface area contributed by atoms with E-state index >= 15 is 0 Å². The summed E-state index contributed by atoms with van der Waals surface area (Å²) in [6, 6.07) is 0.601. The van der Waals surface area contributed by atoms with Crippen LogP contribution in [0.2, 0.25) is 0 Å². The second kappa shape index (κ2) is 7.38. The lowest BCUT2D eigenvalue weighted by Crippen LogP contribution is -2.43. The van der Waals surface area contributed by atoms with Crippen molar-refractivity contribution in [3.8, 4) is 0 Å². The minimum absolute atomic E-state index is 0.00393. The van der Waals surface area contributed by atoms with E-state index in [0.29, 0.717) is 6.07 Å². The van der Waals surface area contributed by atoms with Gasteiger partial charge in [-0.1, -0.05) is 13.0 Å². The number of benzene rings is 1. The number of aliphatic carboxylic acids is 1. The van der Waals surface area contributed by atoms with Gasteiger partial charge in [-0.25, -0.2) is 13.6 Å². The van der Waals surface area contributed by atoms with Crippen LogP contribution in [0.5, 0.6) is 0 Å². The standard InChI is InChI=1S/C14H14F5NO3/c1-7(9-3-2-8(15)5-10(9)16)4-12(21)20-11(13(22)23)6-14(17,18)19/h2-3,5,7,11H,4,6H2,1H3,(H,20,21)(H,22,23). The molecule has 1 rings (SSSR count). The molecule has 128 valence electrons. The zero-order chi connectivity index (χ0) is 17.8. The highest BCUT2D eigenvalue weighted by Gasteiger charge is 2.36. The lowest BCUT2D eigenvalue weighted by molar-refractivity contribution is -0.160. The third-order valence-electron chi connectivity index (χ3n) is 3.05. The summed E-state index contributed by atoms with van der Waals surface area (Å²) >= 11 is 0. The second-order valence-corrected chi connectivity index (χ2v) is 5.05. The summed E-state index contributed by atoms with van der Waals surface area (Å²) < 4.78 is 63.1. The van der Waals surface area contributed by atoms with Crippen LogP contribution in [0.3, 0.4) is 0 Å². The topological polar surface area (TPSA) is 66.4 Å². The molecule has 0 fully saturated rings. The minimum atomic E-state index is -4.76. The molecule has 2 atom stereocenters. The Bertz CT molecular complexity index is 588. The lowest BCUT2D eigenvalue weighted by atomic mass is 9.96. The highest BCUT2D eigenvalue weighted by atomic mass is 19.4. The molecule has 0 spiro atoms. The molecule has 1 amide bonds. The van der Waals surface area contributed by atoms with Crippen molar-refractivity contribution >= 4 is 11.9 Å². The van der Waals surface area contributed by atoms with E-state index in [-0.39, 0.29) is 5.56 Å². The third kappa shape index (κ3) is 6.21. The number of halogens is 5. The van der Waals surface area contributed by atoms with Crippen LogP contribution in [-0.2, 0) is 9.59 Å². The molecule has 0 heterocycles. The van der Waals surface area contributed by atoms with Crippen LogP contribution < -0.4 is 5.32 Å². The Balaban J connectivity index is 2.72. The normalized spacial score (nSPS) is 14.2. The Morgan fingerprint density at radius 3 is 2.35 bits per heavy atom. The van der Waals surface area contributed by atoms with Gasteiger partial charge in [0.2, 0.25) is 5.91 Å². The molecule has 4 nitrogen and oxygen atoms in total. The van der Waals surface area contributed by atoms with Crippen LogP contribution in [0.4, 0.5) is 22.0 Å². The molecule has 0 aliphatic carbocycles. The molecule has 2 N–H and O–H groups in total. The second-order valence-electron chi connectivity index (χ2n) is 5.05. The number of rotatable bonds is 6. The molecule has 0 bridgehead atoms. The first kappa shape index (κ1) is 18.9. The highest BCUT2D eigenvalue weighted by Crippen LogP contribution is 2.24. The molecular weight excluding hydrogens is 325 g/mol. The Morgan fingerprint density at radius 2 is 1.87 bits per heavy atom. The zero-order valence-corrected chi connectivity index (χ0v) is 12.0. The van der Waals surface area contributed by atoms with E-state index in [1.165, 1.54) is 6.92 Å². The van der Waals surface area contributed by atoms with Crippen LogP contribution in [0.1, 0.15) is 31.2 Å². The van der Waals surface area contributed by atoms with Crippen molar-refractivity contribution in [2.75, 3.05) is 0 Å². The smallest absolute Gasteiger partial charge is 0.391 e. The van der Waals surface area contributed by atoms with Crippen LogP contribution in [0.25, 0.3) is 0 Å². The van der Waals surface area contributed by atoms with E-state index < -0.39 is 54.5 Å². The maximum Gasteiger partial charge on any atom is 0.391 e. The average molecular weight is 339 g/mol. The van der Waals surface area contributed by atoms with Crippen LogP contribution in [-0.4, -0.2) is 29.2 Å². The van der Waals surface area contributed by atoms with Crippen LogP contribution in [0.15, 0.2) is 18.2 Å². The summed E-state index contributed by atoms with van der Waals surface area (Å²) in [5, 5.41) is 10.4. The first-order valence-corrected chi connectivity index (χ1v) is 6.53. The SMILES string of the molecule is CC(CC(=O)NC(CC(F)(F)F)C(=O)O)c1ccc(F)cc1F. The Morgan fingerprint density at radius 1 is 1.26 bits per heavy atom. The maximum atomic E-state index is 13.5. The number of carbonyl (C=O) groups is 2. The van der Waals surface area contributed by atoms with Gasteiger partial charge in [0, 0.05) is 12.5 Å². The molecule has 0 radical (unpaired) electrons. The monoisotopic (exact) mass is 339 g/mol. The van der Waals surface area contributed by atoms with Crippen molar-refractivity contribution in [3.63, 3.8) is 0 Å². The quantitative estimate of drug-likeness (QED) is 0.783. The molecular formula is C14H14F5NO3. The van der Waals surface area contributed by atoms with Crippen molar-refractivity contribution < 1.29 is 36.6 Å². The first-order chi connectivity index (χ1) is 10.5. The van der Waals surface area contributed by atoms with Gasteiger partial charge in [0.05, 0.1) is 6.42 Å². The van der Waals surface area contributed by atoms with E-state index in [2.05, 4.69) is 0 Å². The van der Waals surface area contributed by atoms with Gasteiger partial charge in [0.1, 0.15) is 17.7 Å². The number of hydrogen-bond acceptors (Lipinski definition) is 2. The predicted molar refractivity (Wildman–Crippen MR) is 69.6 cm³/mol. The summed E-state index contributed by atoms with van der Waals surface area (Å²) in [4.78, 5) is 22.4. The predicted octanol–water partition coefficient (Wildman–Crippen LogP) is 2.98. The molecule has 0 aromatic heterocycles. The van der Waals surface area contributed by atoms with Gasteiger partial charge >= 0.3 is 12.1 Å².